The second-order valence-corrected chi connectivity index (χ2v) is 13.4. The van der Waals surface area contributed by atoms with Crippen LogP contribution in [-0.4, -0.2) is 41.0 Å². The first-order chi connectivity index (χ1) is 21.8. The van der Waals surface area contributed by atoms with Gasteiger partial charge in [-0.1, -0.05) is 122 Å². The SMILES string of the molecule is CCCCCC/C=C\CCCCCCCC(=O)OCC(COP(=O)(O)O)OC(=O)CCCCCCC/C=C\CCCCCCC. The van der Waals surface area contributed by atoms with Crippen LogP contribution in [0, 0.1) is 0 Å². The molecule has 1 atom stereocenters. The van der Waals surface area contributed by atoms with Crippen molar-refractivity contribution in [2.75, 3.05) is 13.2 Å². The first kappa shape index (κ1) is 43.5. The largest absolute Gasteiger partial charge is 0.469 e. The molecule has 0 aromatic carbocycles. The summed E-state index contributed by atoms with van der Waals surface area (Å²) in [7, 11) is -4.75. The molecule has 9 heteroatoms. The number of carbonyl (C=O) groups excluding carboxylic acids is 2. The fourth-order valence-corrected chi connectivity index (χ4v) is 5.31. The van der Waals surface area contributed by atoms with E-state index in [2.05, 4.69) is 42.7 Å². The predicted molar refractivity (Wildman–Crippen MR) is 184 cm³/mol. The zero-order chi connectivity index (χ0) is 33.3. The van der Waals surface area contributed by atoms with Crippen molar-refractivity contribution in [2.24, 2.45) is 0 Å². The lowest BCUT2D eigenvalue weighted by Gasteiger charge is -2.18. The topological polar surface area (TPSA) is 119 Å². The number of phosphoric acid groups is 1. The first-order valence-electron chi connectivity index (χ1n) is 18.1. The van der Waals surface area contributed by atoms with Gasteiger partial charge in [0.1, 0.15) is 6.61 Å². The zero-order valence-electron chi connectivity index (χ0n) is 28.8. The smallest absolute Gasteiger partial charge is 0.462 e. The van der Waals surface area contributed by atoms with Crippen molar-refractivity contribution in [1.82, 2.24) is 0 Å². The van der Waals surface area contributed by atoms with Crippen LogP contribution in [0.25, 0.3) is 0 Å². The van der Waals surface area contributed by atoms with E-state index in [1.165, 1.54) is 70.6 Å². The molecule has 264 valence electrons. The van der Waals surface area contributed by atoms with Gasteiger partial charge in [-0.05, 0) is 64.2 Å². The number of ether oxygens (including phenoxy) is 2. The summed E-state index contributed by atoms with van der Waals surface area (Å²) in [6.07, 6.45) is 34.7. The quantitative estimate of drug-likeness (QED) is 0.0309. The van der Waals surface area contributed by atoms with E-state index in [1.807, 2.05) is 0 Å². The van der Waals surface area contributed by atoms with Gasteiger partial charge in [0.05, 0.1) is 6.61 Å². The van der Waals surface area contributed by atoms with Crippen molar-refractivity contribution < 1.29 is 37.9 Å². The molecule has 45 heavy (non-hydrogen) atoms. The van der Waals surface area contributed by atoms with E-state index in [0.29, 0.717) is 12.8 Å². The van der Waals surface area contributed by atoms with E-state index in [1.54, 1.807) is 0 Å². The maximum absolute atomic E-state index is 12.3. The Kier molecular flexibility index (Phi) is 31.4. The van der Waals surface area contributed by atoms with Crippen LogP contribution in [0.3, 0.4) is 0 Å². The van der Waals surface area contributed by atoms with Gasteiger partial charge in [0.25, 0.3) is 0 Å². The Morgan fingerprint density at radius 1 is 0.556 bits per heavy atom. The van der Waals surface area contributed by atoms with Crippen molar-refractivity contribution in [3.8, 4) is 0 Å². The molecule has 2 N–H and O–H groups in total. The Morgan fingerprint density at radius 2 is 0.933 bits per heavy atom. The molecular formula is C36H67O8P. The lowest BCUT2D eigenvalue weighted by Crippen LogP contribution is -2.29. The van der Waals surface area contributed by atoms with Crippen LogP contribution < -0.4 is 0 Å². The number of hydrogen-bond donors (Lipinski definition) is 2. The first-order valence-corrected chi connectivity index (χ1v) is 19.7. The number of unbranched alkanes of at least 4 members (excludes halogenated alkanes) is 19. The van der Waals surface area contributed by atoms with E-state index in [-0.39, 0.29) is 19.4 Å². The van der Waals surface area contributed by atoms with Crippen LogP contribution in [-0.2, 0) is 28.2 Å². The van der Waals surface area contributed by atoms with Gasteiger partial charge in [0.15, 0.2) is 6.10 Å². The van der Waals surface area contributed by atoms with Gasteiger partial charge in [-0.3, -0.25) is 14.1 Å². The van der Waals surface area contributed by atoms with Gasteiger partial charge in [0, 0.05) is 12.8 Å². The van der Waals surface area contributed by atoms with Crippen molar-refractivity contribution in [2.45, 2.75) is 180 Å². The molecule has 0 aromatic heterocycles. The van der Waals surface area contributed by atoms with Crippen molar-refractivity contribution >= 4 is 19.8 Å². The molecule has 0 saturated carbocycles. The van der Waals surface area contributed by atoms with E-state index >= 15 is 0 Å². The fourth-order valence-electron chi connectivity index (χ4n) is 4.95. The van der Waals surface area contributed by atoms with Gasteiger partial charge in [0.2, 0.25) is 0 Å². The second kappa shape index (κ2) is 32.5. The molecule has 0 heterocycles. The highest BCUT2D eigenvalue weighted by atomic mass is 31.2. The monoisotopic (exact) mass is 658 g/mol. The summed E-state index contributed by atoms with van der Waals surface area (Å²) < 4.78 is 26.2. The molecule has 0 aliphatic rings. The molecule has 0 rings (SSSR count). The molecule has 0 bridgehead atoms. The zero-order valence-corrected chi connectivity index (χ0v) is 29.7. The number of esters is 2. The summed E-state index contributed by atoms with van der Waals surface area (Å²) in [6, 6.07) is 0. The Labute approximate surface area is 275 Å². The third-order valence-corrected chi connectivity index (χ3v) is 8.18. The maximum Gasteiger partial charge on any atom is 0.469 e. The second-order valence-electron chi connectivity index (χ2n) is 12.2. The summed E-state index contributed by atoms with van der Waals surface area (Å²) in [6.45, 7) is 3.63. The lowest BCUT2D eigenvalue weighted by molar-refractivity contribution is -0.161. The molecular weight excluding hydrogens is 591 g/mol. The minimum Gasteiger partial charge on any atom is -0.462 e. The molecule has 0 radical (unpaired) electrons. The van der Waals surface area contributed by atoms with Gasteiger partial charge in [-0.15, -0.1) is 0 Å². The highest BCUT2D eigenvalue weighted by Crippen LogP contribution is 2.36. The molecule has 0 aromatic rings. The van der Waals surface area contributed by atoms with Crippen molar-refractivity contribution in [3.63, 3.8) is 0 Å². The molecule has 0 spiro atoms. The van der Waals surface area contributed by atoms with Crippen LogP contribution in [0.15, 0.2) is 24.3 Å². The summed E-state index contributed by atoms with van der Waals surface area (Å²) in [4.78, 5) is 42.6. The maximum atomic E-state index is 12.3. The minimum atomic E-state index is -4.75. The minimum absolute atomic E-state index is 0.201. The van der Waals surface area contributed by atoms with Gasteiger partial charge < -0.3 is 19.3 Å². The summed E-state index contributed by atoms with van der Waals surface area (Å²) in [5.41, 5.74) is 0. The Hall–Kier alpha value is -1.47. The van der Waals surface area contributed by atoms with E-state index in [9.17, 15) is 14.2 Å². The predicted octanol–water partition coefficient (Wildman–Crippen LogP) is 10.5. The van der Waals surface area contributed by atoms with E-state index in [4.69, 9.17) is 19.3 Å². The van der Waals surface area contributed by atoms with Crippen LogP contribution in [0.5, 0.6) is 0 Å². The van der Waals surface area contributed by atoms with Crippen LogP contribution in [0.4, 0.5) is 0 Å². The third kappa shape index (κ3) is 35.2. The van der Waals surface area contributed by atoms with Crippen molar-refractivity contribution in [3.05, 3.63) is 24.3 Å². The molecule has 0 amide bonds. The third-order valence-electron chi connectivity index (χ3n) is 7.69. The van der Waals surface area contributed by atoms with Crippen molar-refractivity contribution in [1.29, 1.82) is 0 Å². The number of allylic oxidation sites excluding steroid dienone is 4. The van der Waals surface area contributed by atoms with Gasteiger partial charge in [-0.2, -0.15) is 0 Å². The summed E-state index contributed by atoms with van der Waals surface area (Å²) in [5, 5.41) is 0. The Morgan fingerprint density at radius 3 is 1.38 bits per heavy atom. The molecule has 8 nitrogen and oxygen atoms in total. The molecule has 0 aliphatic carbocycles. The average Bonchev–Trinajstić information content (AvgIpc) is 3.00. The van der Waals surface area contributed by atoms with Gasteiger partial charge >= 0.3 is 19.8 Å². The van der Waals surface area contributed by atoms with E-state index in [0.717, 1.165) is 64.2 Å². The standard InChI is InChI=1S/C36H67O8P/c1-3-5-7-9-11-13-15-17-19-21-23-25-27-29-31-36(38)44-34(33-43-45(39,40)41)32-42-35(37)30-28-26-24-22-20-18-16-14-12-10-8-6-4-2/h14-17,34H,3-13,18-33H2,1-2H3,(H2,39,40,41)/b16-14-,17-15-. The van der Waals surface area contributed by atoms with Crippen LogP contribution >= 0.6 is 7.82 Å². The normalized spacial score (nSPS) is 12.7. The molecule has 0 fully saturated rings. The highest BCUT2D eigenvalue weighted by Gasteiger charge is 2.22. The summed E-state index contributed by atoms with van der Waals surface area (Å²) in [5.74, 6) is -0.904. The number of carbonyl (C=O) groups is 2. The molecule has 0 saturated heterocycles. The lowest BCUT2D eigenvalue weighted by atomic mass is 10.1. The molecule has 1 unspecified atom stereocenters. The average molecular weight is 659 g/mol. The number of hydrogen-bond acceptors (Lipinski definition) is 6. The van der Waals surface area contributed by atoms with Crippen LogP contribution in [0.1, 0.15) is 174 Å². The fraction of sp³-hybridized carbons (Fsp3) is 0.833. The number of rotatable bonds is 33. The van der Waals surface area contributed by atoms with Crippen LogP contribution in [0.2, 0.25) is 0 Å². The molecule has 0 aliphatic heterocycles. The number of phosphoric ester groups is 1. The van der Waals surface area contributed by atoms with E-state index < -0.39 is 32.5 Å². The highest BCUT2D eigenvalue weighted by molar-refractivity contribution is 7.46. The Balaban J connectivity index is 4.01. The Bertz CT molecular complexity index is 792. The summed E-state index contributed by atoms with van der Waals surface area (Å²) >= 11 is 0. The van der Waals surface area contributed by atoms with Gasteiger partial charge in [-0.25, -0.2) is 4.57 Å².